The van der Waals surface area contributed by atoms with Crippen LogP contribution in [-0.2, 0) is 10.2 Å². The van der Waals surface area contributed by atoms with Crippen molar-refractivity contribution < 1.29 is 4.79 Å². The van der Waals surface area contributed by atoms with E-state index in [2.05, 4.69) is 34.9 Å². The number of benzene rings is 1. The zero-order valence-electron chi connectivity index (χ0n) is 11.8. The minimum atomic E-state index is -0.352. The molecule has 0 unspecified atom stereocenters. The SMILES string of the molecule is O=C(NC1CC=CC1)C1(c2ccccc2)CCNCC1. The van der Waals surface area contributed by atoms with E-state index in [1.807, 2.05) is 18.2 Å². The molecule has 0 spiro atoms. The molecule has 2 aliphatic rings. The first kappa shape index (κ1) is 13.4. The van der Waals surface area contributed by atoms with Crippen molar-refractivity contribution in [1.29, 1.82) is 0 Å². The molecule has 0 atom stereocenters. The Morgan fingerprint density at radius 3 is 2.40 bits per heavy atom. The number of hydrogen-bond acceptors (Lipinski definition) is 2. The van der Waals surface area contributed by atoms with E-state index in [0.29, 0.717) is 0 Å². The van der Waals surface area contributed by atoms with E-state index in [-0.39, 0.29) is 17.4 Å². The summed E-state index contributed by atoms with van der Waals surface area (Å²) >= 11 is 0. The van der Waals surface area contributed by atoms with Gasteiger partial charge in [0, 0.05) is 6.04 Å². The van der Waals surface area contributed by atoms with E-state index in [1.54, 1.807) is 0 Å². The van der Waals surface area contributed by atoms with Crippen molar-refractivity contribution in [2.45, 2.75) is 37.1 Å². The molecule has 2 N–H and O–H groups in total. The maximum atomic E-state index is 12.9. The zero-order chi connectivity index (χ0) is 13.8. The van der Waals surface area contributed by atoms with Gasteiger partial charge in [0.2, 0.25) is 5.91 Å². The lowest BCUT2D eigenvalue weighted by Gasteiger charge is -2.37. The maximum Gasteiger partial charge on any atom is 0.230 e. The summed E-state index contributed by atoms with van der Waals surface area (Å²) in [4.78, 5) is 12.9. The van der Waals surface area contributed by atoms with E-state index < -0.39 is 0 Å². The third-order valence-corrected chi connectivity index (χ3v) is 4.56. The number of amides is 1. The molecule has 1 amide bonds. The summed E-state index contributed by atoms with van der Waals surface area (Å²) in [6.45, 7) is 1.82. The summed E-state index contributed by atoms with van der Waals surface area (Å²) in [6, 6.07) is 10.6. The average Bonchev–Trinajstić information content (AvgIpc) is 3.02. The van der Waals surface area contributed by atoms with Gasteiger partial charge in [-0.25, -0.2) is 0 Å². The van der Waals surface area contributed by atoms with Gasteiger partial charge in [0.1, 0.15) is 0 Å². The van der Waals surface area contributed by atoms with Crippen LogP contribution in [0.25, 0.3) is 0 Å². The van der Waals surface area contributed by atoms with Crippen molar-refractivity contribution >= 4 is 5.91 Å². The first-order valence-electron chi connectivity index (χ1n) is 7.53. The number of rotatable bonds is 3. The predicted octanol–water partition coefficient (Wildman–Crippen LogP) is 2.14. The van der Waals surface area contributed by atoms with Gasteiger partial charge >= 0.3 is 0 Å². The molecule has 0 aromatic heterocycles. The Labute approximate surface area is 120 Å². The van der Waals surface area contributed by atoms with Gasteiger partial charge in [-0.3, -0.25) is 4.79 Å². The van der Waals surface area contributed by atoms with Crippen molar-refractivity contribution in [3.8, 4) is 0 Å². The standard InChI is InChI=1S/C17H22N2O/c20-16(19-15-8-4-5-9-15)17(10-12-18-13-11-17)14-6-2-1-3-7-14/h1-7,15,18H,8-13H2,(H,19,20). The van der Waals surface area contributed by atoms with Crippen LogP contribution >= 0.6 is 0 Å². The highest BCUT2D eigenvalue weighted by Gasteiger charge is 2.41. The second kappa shape index (κ2) is 5.80. The normalized spacial score (nSPS) is 21.8. The van der Waals surface area contributed by atoms with Gasteiger partial charge in [0.15, 0.2) is 0 Å². The second-order valence-electron chi connectivity index (χ2n) is 5.81. The number of carbonyl (C=O) groups is 1. The Morgan fingerprint density at radius 1 is 1.10 bits per heavy atom. The predicted molar refractivity (Wildman–Crippen MR) is 80.5 cm³/mol. The minimum Gasteiger partial charge on any atom is -0.352 e. The first-order valence-corrected chi connectivity index (χ1v) is 7.53. The molecule has 1 aliphatic heterocycles. The Morgan fingerprint density at radius 2 is 1.75 bits per heavy atom. The van der Waals surface area contributed by atoms with Gasteiger partial charge in [0.25, 0.3) is 0 Å². The molecule has 1 fully saturated rings. The van der Waals surface area contributed by atoms with Gasteiger partial charge in [-0.05, 0) is 44.3 Å². The van der Waals surface area contributed by atoms with Crippen molar-refractivity contribution in [1.82, 2.24) is 10.6 Å². The maximum absolute atomic E-state index is 12.9. The third-order valence-electron chi connectivity index (χ3n) is 4.56. The van der Waals surface area contributed by atoms with Crippen LogP contribution in [0.2, 0.25) is 0 Å². The molecule has 1 aromatic rings. The number of carbonyl (C=O) groups excluding carboxylic acids is 1. The van der Waals surface area contributed by atoms with Crippen LogP contribution in [0.5, 0.6) is 0 Å². The van der Waals surface area contributed by atoms with Crippen molar-refractivity contribution in [2.24, 2.45) is 0 Å². The van der Waals surface area contributed by atoms with Gasteiger partial charge in [-0.15, -0.1) is 0 Å². The molecular formula is C17H22N2O. The van der Waals surface area contributed by atoms with Crippen molar-refractivity contribution in [3.05, 3.63) is 48.0 Å². The zero-order valence-corrected chi connectivity index (χ0v) is 11.8. The molecule has 0 bridgehead atoms. The molecule has 1 aliphatic carbocycles. The van der Waals surface area contributed by atoms with E-state index in [1.165, 1.54) is 0 Å². The molecule has 3 heteroatoms. The highest BCUT2D eigenvalue weighted by atomic mass is 16.2. The van der Waals surface area contributed by atoms with E-state index in [9.17, 15) is 4.79 Å². The largest absolute Gasteiger partial charge is 0.352 e. The summed E-state index contributed by atoms with van der Waals surface area (Å²) in [5, 5.41) is 6.62. The molecule has 20 heavy (non-hydrogen) atoms. The lowest BCUT2D eigenvalue weighted by molar-refractivity contribution is -0.128. The van der Waals surface area contributed by atoms with Gasteiger partial charge in [-0.2, -0.15) is 0 Å². The summed E-state index contributed by atoms with van der Waals surface area (Å²) in [5.41, 5.74) is 0.805. The lowest BCUT2D eigenvalue weighted by atomic mass is 9.72. The molecule has 3 nitrogen and oxygen atoms in total. The Balaban J connectivity index is 1.83. The molecule has 1 heterocycles. The summed E-state index contributed by atoms with van der Waals surface area (Å²) in [5.74, 6) is 0.207. The van der Waals surface area contributed by atoms with Crippen LogP contribution in [-0.4, -0.2) is 25.0 Å². The fourth-order valence-electron chi connectivity index (χ4n) is 3.32. The van der Waals surface area contributed by atoms with Gasteiger partial charge in [-0.1, -0.05) is 42.5 Å². The monoisotopic (exact) mass is 270 g/mol. The number of hydrogen-bond donors (Lipinski definition) is 2. The van der Waals surface area contributed by atoms with Crippen molar-refractivity contribution in [3.63, 3.8) is 0 Å². The first-order chi connectivity index (χ1) is 9.81. The highest BCUT2D eigenvalue weighted by Crippen LogP contribution is 2.34. The molecular weight excluding hydrogens is 248 g/mol. The molecule has 1 saturated heterocycles. The van der Waals surface area contributed by atoms with Crippen LogP contribution in [0.1, 0.15) is 31.2 Å². The highest BCUT2D eigenvalue weighted by molar-refractivity contribution is 5.88. The van der Waals surface area contributed by atoms with Gasteiger partial charge < -0.3 is 10.6 Å². The summed E-state index contributed by atoms with van der Waals surface area (Å²) < 4.78 is 0. The Kier molecular flexibility index (Phi) is 3.88. The molecule has 0 saturated carbocycles. The number of nitrogens with one attached hydrogen (secondary N) is 2. The molecule has 3 rings (SSSR count). The third kappa shape index (κ3) is 2.50. The molecule has 0 radical (unpaired) electrons. The second-order valence-corrected chi connectivity index (χ2v) is 5.81. The van der Waals surface area contributed by atoms with Crippen LogP contribution in [0.4, 0.5) is 0 Å². The Hall–Kier alpha value is -1.61. The van der Waals surface area contributed by atoms with Gasteiger partial charge in [0.05, 0.1) is 5.41 Å². The molecule has 1 aromatic carbocycles. The van der Waals surface area contributed by atoms with Crippen molar-refractivity contribution in [2.75, 3.05) is 13.1 Å². The van der Waals surface area contributed by atoms with E-state index in [0.717, 1.165) is 44.3 Å². The van der Waals surface area contributed by atoms with Crippen LogP contribution in [0.15, 0.2) is 42.5 Å². The van der Waals surface area contributed by atoms with E-state index in [4.69, 9.17) is 0 Å². The van der Waals surface area contributed by atoms with Crippen LogP contribution in [0.3, 0.4) is 0 Å². The smallest absolute Gasteiger partial charge is 0.230 e. The fraction of sp³-hybridized carbons (Fsp3) is 0.471. The van der Waals surface area contributed by atoms with Crippen LogP contribution in [0, 0.1) is 0 Å². The summed E-state index contributed by atoms with van der Waals surface area (Å²) in [7, 11) is 0. The molecule has 106 valence electrons. The minimum absolute atomic E-state index is 0.207. The van der Waals surface area contributed by atoms with E-state index >= 15 is 0 Å². The van der Waals surface area contributed by atoms with Crippen LogP contribution < -0.4 is 10.6 Å². The Bertz CT molecular complexity index is 481. The number of piperidine rings is 1. The quantitative estimate of drug-likeness (QED) is 0.826. The fourth-order valence-corrected chi connectivity index (χ4v) is 3.32. The lowest BCUT2D eigenvalue weighted by Crippen LogP contribution is -2.52. The summed E-state index contributed by atoms with van der Waals surface area (Å²) in [6.07, 6.45) is 8.00. The average molecular weight is 270 g/mol. The topological polar surface area (TPSA) is 41.1 Å².